The molecule has 0 bridgehead atoms. The van der Waals surface area contributed by atoms with E-state index in [1.54, 1.807) is 22.5 Å². The molecule has 0 fully saturated rings. The normalized spacial score (nSPS) is 11.0. The largest absolute Gasteiger partial charge is 0.467 e. The molecular formula is C21H19ClN4O2S2. The Morgan fingerprint density at radius 3 is 2.73 bits per heavy atom. The fourth-order valence-corrected chi connectivity index (χ4v) is 4.63. The van der Waals surface area contributed by atoms with Gasteiger partial charge in [0.05, 0.1) is 25.1 Å². The summed E-state index contributed by atoms with van der Waals surface area (Å²) >= 11 is 9.03. The van der Waals surface area contributed by atoms with Crippen molar-refractivity contribution in [3.63, 3.8) is 0 Å². The first-order chi connectivity index (χ1) is 14.6. The van der Waals surface area contributed by atoms with Crippen LogP contribution in [0.15, 0.2) is 69.7 Å². The zero-order chi connectivity index (χ0) is 20.9. The lowest BCUT2D eigenvalue weighted by Crippen LogP contribution is -2.27. The summed E-state index contributed by atoms with van der Waals surface area (Å²) in [6.07, 6.45) is 1.64. The number of furan rings is 1. The van der Waals surface area contributed by atoms with Crippen LogP contribution in [0.1, 0.15) is 10.6 Å². The van der Waals surface area contributed by atoms with Gasteiger partial charge in [-0.15, -0.1) is 21.5 Å². The van der Waals surface area contributed by atoms with Gasteiger partial charge < -0.3 is 9.32 Å². The maximum Gasteiger partial charge on any atom is 0.233 e. The number of nitrogens with zero attached hydrogens (tertiary/aromatic N) is 4. The molecular weight excluding hydrogens is 440 g/mol. The summed E-state index contributed by atoms with van der Waals surface area (Å²) in [5, 5.41) is 12.0. The molecule has 0 saturated heterocycles. The number of carbonyl (C=O) groups excluding carboxylic acids is 1. The van der Waals surface area contributed by atoms with Crippen molar-refractivity contribution < 1.29 is 9.21 Å². The zero-order valence-electron chi connectivity index (χ0n) is 16.2. The molecule has 0 unspecified atom stereocenters. The molecule has 3 aromatic heterocycles. The monoisotopic (exact) mass is 458 g/mol. The summed E-state index contributed by atoms with van der Waals surface area (Å²) in [6.45, 7) is 1.08. The Labute approximate surface area is 187 Å². The highest BCUT2D eigenvalue weighted by atomic mass is 35.5. The molecule has 4 aromatic rings. The van der Waals surface area contributed by atoms with Crippen LogP contribution in [0.2, 0.25) is 5.02 Å². The van der Waals surface area contributed by atoms with E-state index < -0.39 is 0 Å². The van der Waals surface area contributed by atoms with Gasteiger partial charge in [-0.05, 0) is 47.8 Å². The summed E-state index contributed by atoms with van der Waals surface area (Å²) in [7, 11) is 1.81. The fraction of sp³-hybridized carbons (Fsp3) is 0.190. The first-order valence-electron chi connectivity index (χ1n) is 9.21. The van der Waals surface area contributed by atoms with Crippen LogP contribution in [0.4, 0.5) is 0 Å². The maximum absolute atomic E-state index is 12.6. The first kappa shape index (κ1) is 20.7. The molecule has 4 rings (SSSR count). The highest BCUT2D eigenvalue weighted by Crippen LogP contribution is 2.26. The molecule has 0 atom stereocenters. The molecule has 0 aliphatic rings. The molecule has 1 amide bonds. The molecule has 1 aromatic carbocycles. The molecule has 154 valence electrons. The van der Waals surface area contributed by atoms with Crippen LogP contribution in [0, 0.1) is 0 Å². The van der Waals surface area contributed by atoms with Crippen molar-refractivity contribution in [2.75, 3.05) is 12.8 Å². The van der Waals surface area contributed by atoms with Gasteiger partial charge in [-0.2, -0.15) is 0 Å². The highest BCUT2D eigenvalue weighted by molar-refractivity contribution is 7.99. The molecule has 30 heavy (non-hydrogen) atoms. The molecule has 9 heteroatoms. The lowest BCUT2D eigenvalue weighted by Gasteiger charge is -2.16. The van der Waals surface area contributed by atoms with Crippen LogP contribution in [-0.4, -0.2) is 38.4 Å². The SMILES string of the molecule is CN(Cc1cccs1)C(=O)CSc1nnc(-c2ccc(Cl)cc2)n1Cc1ccco1. The van der Waals surface area contributed by atoms with Crippen molar-refractivity contribution in [3.8, 4) is 11.4 Å². The summed E-state index contributed by atoms with van der Waals surface area (Å²) in [5.74, 6) is 1.80. The molecule has 0 aliphatic heterocycles. The van der Waals surface area contributed by atoms with Crippen molar-refractivity contribution in [1.82, 2.24) is 19.7 Å². The second-order valence-corrected chi connectivity index (χ2v) is 9.01. The lowest BCUT2D eigenvalue weighted by atomic mass is 10.2. The van der Waals surface area contributed by atoms with Crippen LogP contribution < -0.4 is 0 Å². The molecule has 0 spiro atoms. The Morgan fingerprint density at radius 2 is 2.03 bits per heavy atom. The summed E-state index contributed by atoms with van der Waals surface area (Å²) in [4.78, 5) is 15.5. The number of carbonyl (C=O) groups is 1. The lowest BCUT2D eigenvalue weighted by molar-refractivity contribution is -0.127. The smallest absolute Gasteiger partial charge is 0.233 e. The van der Waals surface area contributed by atoms with Gasteiger partial charge in [0.25, 0.3) is 0 Å². The molecule has 6 nitrogen and oxygen atoms in total. The van der Waals surface area contributed by atoms with Crippen LogP contribution >= 0.6 is 34.7 Å². The predicted octanol–water partition coefficient (Wildman–Crippen LogP) is 5.05. The Morgan fingerprint density at radius 1 is 1.20 bits per heavy atom. The quantitative estimate of drug-likeness (QED) is 0.345. The molecule has 3 heterocycles. The molecule has 0 radical (unpaired) electrons. The van der Waals surface area contributed by atoms with E-state index in [1.165, 1.54) is 11.8 Å². The zero-order valence-corrected chi connectivity index (χ0v) is 18.6. The molecule has 0 aliphatic carbocycles. The van der Waals surface area contributed by atoms with Crippen molar-refractivity contribution in [2.24, 2.45) is 0 Å². The second-order valence-electron chi connectivity index (χ2n) is 6.60. The van der Waals surface area contributed by atoms with Crippen molar-refractivity contribution in [1.29, 1.82) is 0 Å². The third-order valence-electron chi connectivity index (χ3n) is 4.44. The van der Waals surface area contributed by atoms with Crippen LogP contribution in [0.25, 0.3) is 11.4 Å². The summed E-state index contributed by atoms with van der Waals surface area (Å²) in [6, 6.07) is 15.2. The number of aromatic nitrogens is 3. The first-order valence-corrected chi connectivity index (χ1v) is 11.4. The highest BCUT2D eigenvalue weighted by Gasteiger charge is 2.18. The third kappa shape index (κ3) is 4.95. The minimum Gasteiger partial charge on any atom is -0.467 e. The Balaban J connectivity index is 1.52. The van der Waals surface area contributed by atoms with Crippen LogP contribution in [-0.2, 0) is 17.9 Å². The van der Waals surface area contributed by atoms with E-state index >= 15 is 0 Å². The average Bonchev–Trinajstić information content (AvgIpc) is 3.50. The third-order valence-corrected chi connectivity index (χ3v) is 6.50. The predicted molar refractivity (Wildman–Crippen MR) is 120 cm³/mol. The van der Waals surface area contributed by atoms with Gasteiger partial charge >= 0.3 is 0 Å². The van der Waals surface area contributed by atoms with E-state index in [-0.39, 0.29) is 11.7 Å². The average molecular weight is 459 g/mol. The standard InChI is InChI=1S/C21H19ClN4O2S2/c1-25(13-18-5-3-11-29-18)19(27)14-30-21-24-23-20(15-6-8-16(22)9-7-15)26(21)12-17-4-2-10-28-17/h2-11H,12-14H2,1H3. The van der Waals surface area contributed by atoms with E-state index in [4.69, 9.17) is 16.0 Å². The van der Waals surface area contributed by atoms with E-state index in [2.05, 4.69) is 10.2 Å². The number of benzene rings is 1. The van der Waals surface area contributed by atoms with Gasteiger partial charge in [0.15, 0.2) is 11.0 Å². The summed E-state index contributed by atoms with van der Waals surface area (Å²) in [5.41, 5.74) is 0.895. The van der Waals surface area contributed by atoms with Gasteiger partial charge in [-0.1, -0.05) is 29.4 Å². The Kier molecular flexibility index (Phi) is 6.56. The van der Waals surface area contributed by atoms with E-state index in [9.17, 15) is 4.79 Å². The topological polar surface area (TPSA) is 64.2 Å². The minimum absolute atomic E-state index is 0.0361. The number of halogens is 1. The number of hydrogen-bond acceptors (Lipinski definition) is 6. The maximum atomic E-state index is 12.6. The number of thioether (sulfide) groups is 1. The number of thiophene rings is 1. The van der Waals surface area contributed by atoms with Gasteiger partial charge in [-0.3, -0.25) is 9.36 Å². The second kappa shape index (κ2) is 9.51. The number of amides is 1. The minimum atomic E-state index is 0.0361. The number of rotatable bonds is 8. The van der Waals surface area contributed by atoms with Gasteiger partial charge in [0.2, 0.25) is 5.91 Å². The van der Waals surface area contributed by atoms with Crippen LogP contribution in [0.3, 0.4) is 0 Å². The Bertz CT molecular complexity index is 1090. The van der Waals surface area contributed by atoms with Gasteiger partial charge in [0, 0.05) is 22.5 Å². The fourth-order valence-electron chi connectivity index (χ4n) is 2.87. The van der Waals surface area contributed by atoms with Crippen LogP contribution in [0.5, 0.6) is 0 Å². The van der Waals surface area contributed by atoms with Gasteiger partial charge in [0.1, 0.15) is 5.76 Å². The van der Waals surface area contributed by atoms with Crippen molar-refractivity contribution >= 4 is 40.6 Å². The Hall–Kier alpha value is -2.55. The molecule has 0 N–H and O–H groups in total. The van der Waals surface area contributed by atoms with E-state index in [1.807, 2.05) is 65.5 Å². The molecule has 0 saturated carbocycles. The van der Waals surface area contributed by atoms with E-state index in [0.717, 1.165) is 16.2 Å². The van der Waals surface area contributed by atoms with Gasteiger partial charge in [-0.25, -0.2) is 0 Å². The van der Waals surface area contributed by atoms with Crippen molar-refractivity contribution in [2.45, 2.75) is 18.2 Å². The number of hydrogen-bond donors (Lipinski definition) is 0. The summed E-state index contributed by atoms with van der Waals surface area (Å²) < 4.78 is 7.47. The van der Waals surface area contributed by atoms with Crippen molar-refractivity contribution in [3.05, 3.63) is 75.8 Å². The van der Waals surface area contributed by atoms with E-state index in [0.29, 0.717) is 29.1 Å².